The Labute approximate surface area is 237 Å². The lowest BCUT2D eigenvalue weighted by molar-refractivity contribution is -0.151. The molecule has 0 saturated carbocycles. The molecular formula is C32H33F3N2O4. The van der Waals surface area contributed by atoms with E-state index in [1.165, 1.54) is 17.0 Å². The highest BCUT2D eigenvalue weighted by Crippen LogP contribution is 2.30. The summed E-state index contributed by atoms with van der Waals surface area (Å²) in [7, 11) is 0. The van der Waals surface area contributed by atoms with E-state index in [1.807, 2.05) is 19.1 Å². The molecule has 1 saturated heterocycles. The normalized spacial score (nSPS) is 14.0. The molecule has 6 nitrogen and oxygen atoms in total. The Morgan fingerprint density at radius 1 is 0.902 bits per heavy atom. The van der Waals surface area contributed by atoms with Gasteiger partial charge in [-0.15, -0.1) is 0 Å². The van der Waals surface area contributed by atoms with Crippen LogP contribution in [-0.2, 0) is 33.5 Å². The summed E-state index contributed by atoms with van der Waals surface area (Å²) in [6.07, 6.45) is -3.12. The minimum atomic E-state index is -4.45. The van der Waals surface area contributed by atoms with Crippen LogP contribution in [0.5, 0.6) is 0 Å². The standard InChI is InChI=1S/C32H33F3N2O4/c1-3-41-31(40)25-16-18-36(19-17-25)29(38)20-23-10-14-27(15-11-23)37(30(39)28-7-5-4-6-22(28)2)21-24-8-12-26(13-9-24)32(33,34)35/h4-15,25H,3,16-21H2,1-2H3. The van der Waals surface area contributed by atoms with Gasteiger partial charge in [0.05, 0.1) is 31.1 Å². The Morgan fingerprint density at radius 3 is 2.10 bits per heavy atom. The monoisotopic (exact) mass is 566 g/mol. The number of rotatable bonds is 8. The lowest BCUT2D eigenvalue weighted by Crippen LogP contribution is -2.41. The van der Waals surface area contributed by atoms with Crippen LogP contribution in [0.4, 0.5) is 18.9 Å². The molecule has 4 rings (SSSR count). The SMILES string of the molecule is CCOC(=O)C1CCN(C(=O)Cc2ccc(N(Cc3ccc(C(F)(F)F)cc3)C(=O)c3ccccc3C)cc2)CC1. The summed E-state index contributed by atoms with van der Waals surface area (Å²) in [5.74, 6) is -0.718. The molecule has 2 amide bonds. The molecule has 41 heavy (non-hydrogen) atoms. The second-order valence-electron chi connectivity index (χ2n) is 10.2. The molecule has 0 aromatic heterocycles. The van der Waals surface area contributed by atoms with Gasteiger partial charge in [-0.2, -0.15) is 13.2 Å². The average Bonchev–Trinajstić information content (AvgIpc) is 2.96. The molecule has 0 unspecified atom stereocenters. The number of carbonyl (C=O) groups excluding carboxylic acids is 3. The van der Waals surface area contributed by atoms with Crippen LogP contribution in [-0.4, -0.2) is 42.4 Å². The number of aryl methyl sites for hydroxylation is 1. The Hall–Kier alpha value is -4.14. The fourth-order valence-corrected chi connectivity index (χ4v) is 4.93. The first-order chi connectivity index (χ1) is 19.6. The Balaban J connectivity index is 1.48. The number of esters is 1. The molecule has 3 aromatic carbocycles. The molecule has 0 aliphatic carbocycles. The van der Waals surface area contributed by atoms with Gasteiger partial charge in [0.2, 0.25) is 5.91 Å². The van der Waals surface area contributed by atoms with Crippen molar-refractivity contribution in [2.75, 3.05) is 24.6 Å². The first kappa shape index (κ1) is 29.8. The van der Waals surface area contributed by atoms with Gasteiger partial charge in [-0.05, 0) is 73.7 Å². The number of benzene rings is 3. The molecule has 216 valence electrons. The van der Waals surface area contributed by atoms with Crippen molar-refractivity contribution < 1.29 is 32.3 Å². The molecule has 1 heterocycles. The van der Waals surface area contributed by atoms with Crippen LogP contribution < -0.4 is 4.90 Å². The van der Waals surface area contributed by atoms with Gasteiger partial charge in [0.25, 0.3) is 5.91 Å². The van der Waals surface area contributed by atoms with E-state index in [1.54, 1.807) is 48.2 Å². The average molecular weight is 567 g/mol. The third-order valence-electron chi connectivity index (χ3n) is 7.31. The largest absolute Gasteiger partial charge is 0.466 e. The zero-order valence-corrected chi connectivity index (χ0v) is 23.1. The summed E-state index contributed by atoms with van der Waals surface area (Å²) in [6, 6.07) is 19.0. The molecule has 0 N–H and O–H groups in total. The lowest BCUT2D eigenvalue weighted by atomic mass is 9.96. The van der Waals surface area contributed by atoms with Crippen molar-refractivity contribution in [2.24, 2.45) is 5.92 Å². The third-order valence-corrected chi connectivity index (χ3v) is 7.31. The van der Waals surface area contributed by atoms with Gasteiger partial charge >= 0.3 is 12.1 Å². The maximum absolute atomic E-state index is 13.6. The third kappa shape index (κ3) is 7.54. The lowest BCUT2D eigenvalue weighted by Gasteiger charge is -2.31. The van der Waals surface area contributed by atoms with Gasteiger partial charge in [-0.3, -0.25) is 14.4 Å². The second kappa shape index (κ2) is 13.0. The number of alkyl halides is 3. The Morgan fingerprint density at radius 2 is 1.51 bits per heavy atom. The van der Waals surface area contributed by atoms with E-state index in [0.717, 1.165) is 23.3 Å². The maximum Gasteiger partial charge on any atom is 0.416 e. The molecule has 3 aromatic rings. The number of likely N-dealkylation sites (tertiary alicyclic amines) is 1. The molecule has 1 aliphatic heterocycles. The van der Waals surface area contributed by atoms with Crippen LogP contribution >= 0.6 is 0 Å². The number of carbonyl (C=O) groups is 3. The Bertz CT molecular complexity index is 1360. The minimum Gasteiger partial charge on any atom is -0.466 e. The van der Waals surface area contributed by atoms with Crippen LogP contribution in [0.2, 0.25) is 0 Å². The van der Waals surface area contributed by atoms with E-state index in [2.05, 4.69) is 0 Å². The highest BCUT2D eigenvalue weighted by atomic mass is 19.4. The summed E-state index contributed by atoms with van der Waals surface area (Å²) in [4.78, 5) is 41.8. The number of amides is 2. The molecule has 0 atom stereocenters. The van der Waals surface area contributed by atoms with Gasteiger partial charge in [0.1, 0.15) is 0 Å². The highest BCUT2D eigenvalue weighted by Gasteiger charge is 2.30. The van der Waals surface area contributed by atoms with E-state index >= 15 is 0 Å². The summed E-state index contributed by atoms with van der Waals surface area (Å²) < 4.78 is 44.3. The van der Waals surface area contributed by atoms with Crippen LogP contribution in [0.1, 0.15) is 52.4 Å². The molecule has 0 bridgehead atoms. The minimum absolute atomic E-state index is 0.0438. The van der Waals surface area contributed by atoms with Crippen molar-refractivity contribution in [2.45, 2.75) is 45.8 Å². The molecule has 0 spiro atoms. The molecular weight excluding hydrogens is 533 g/mol. The van der Waals surface area contributed by atoms with Crippen molar-refractivity contribution >= 4 is 23.5 Å². The van der Waals surface area contributed by atoms with Crippen LogP contribution in [0.15, 0.2) is 72.8 Å². The summed E-state index contributed by atoms with van der Waals surface area (Å²) in [5, 5.41) is 0. The van der Waals surface area contributed by atoms with Crippen LogP contribution in [0, 0.1) is 12.8 Å². The smallest absolute Gasteiger partial charge is 0.416 e. The number of anilines is 1. The number of hydrogen-bond acceptors (Lipinski definition) is 4. The quantitative estimate of drug-likeness (QED) is 0.305. The first-order valence-electron chi connectivity index (χ1n) is 13.6. The van der Waals surface area contributed by atoms with E-state index in [0.29, 0.717) is 49.4 Å². The zero-order chi connectivity index (χ0) is 29.6. The number of halogens is 3. The van der Waals surface area contributed by atoms with Gasteiger partial charge < -0.3 is 14.5 Å². The summed E-state index contributed by atoms with van der Waals surface area (Å²) in [6.45, 7) is 4.99. The molecule has 1 aliphatic rings. The summed E-state index contributed by atoms with van der Waals surface area (Å²) >= 11 is 0. The van der Waals surface area contributed by atoms with Crippen molar-refractivity contribution in [3.63, 3.8) is 0 Å². The van der Waals surface area contributed by atoms with E-state index in [4.69, 9.17) is 4.74 Å². The van der Waals surface area contributed by atoms with Crippen molar-refractivity contribution in [1.82, 2.24) is 4.90 Å². The fraction of sp³-hybridized carbons (Fsp3) is 0.344. The molecule has 9 heteroatoms. The second-order valence-corrected chi connectivity index (χ2v) is 10.2. The van der Waals surface area contributed by atoms with Crippen molar-refractivity contribution in [1.29, 1.82) is 0 Å². The number of nitrogens with zero attached hydrogens (tertiary/aromatic N) is 2. The van der Waals surface area contributed by atoms with Gasteiger partial charge in [0.15, 0.2) is 0 Å². The van der Waals surface area contributed by atoms with Gasteiger partial charge in [-0.1, -0.05) is 42.5 Å². The number of hydrogen-bond donors (Lipinski definition) is 0. The predicted molar refractivity (Wildman–Crippen MR) is 149 cm³/mol. The van der Waals surface area contributed by atoms with Crippen LogP contribution in [0.3, 0.4) is 0 Å². The Kier molecular flexibility index (Phi) is 9.47. The van der Waals surface area contributed by atoms with E-state index in [-0.39, 0.29) is 36.7 Å². The summed E-state index contributed by atoms with van der Waals surface area (Å²) in [5.41, 5.74) is 2.39. The van der Waals surface area contributed by atoms with Gasteiger partial charge in [-0.25, -0.2) is 0 Å². The zero-order valence-electron chi connectivity index (χ0n) is 23.1. The topological polar surface area (TPSA) is 66.9 Å². The van der Waals surface area contributed by atoms with Crippen LogP contribution in [0.25, 0.3) is 0 Å². The number of piperidine rings is 1. The van der Waals surface area contributed by atoms with Crippen molar-refractivity contribution in [3.05, 3.63) is 101 Å². The first-order valence-corrected chi connectivity index (χ1v) is 13.6. The van der Waals surface area contributed by atoms with E-state index in [9.17, 15) is 27.6 Å². The molecule has 1 fully saturated rings. The van der Waals surface area contributed by atoms with Crippen molar-refractivity contribution in [3.8, 4) is 0 Å². The molecule has 0 radical (unpaired) electrons. The maximum atomic E-state index is 13.6. The predicted octanol–water partition coefficient (Wildman–Crippen LogP) is 6.21. The van der Waals surface area contributed by atoms with E-state index < -0.39 is 11.7 Å². The number of ether oxygens (including phenoxy) is 1. The fourth-order valence-electron chi connectivity index (χ4n) is 4.93. The van der Waals surface area contributed by atoms with Gasteiger partial charge in [0, 0.05) is 24.3 Å². The highest BCUT2D eigenvalue weighted by molar-refractivity contribution is 6.07.